The van der Waals surface area contributed by atoms with Crippen LogP contribution in [0.15, 0.2) is 60.9 Å². The molecule has 0 saturated heterocycles. The number of anilines is 2. The normalized spacial score (nSPS) is 10.0. The third kappa shape index (κ3) is 4.02. The van der Waals surface area contributed by atoms with Gasteiger partial charge in [-0.3, -0.25) is 4.79 Å². The molecule has 3 rings (SSSR count). The zero-order valence-electron chi connectivity index (χ0n) is 14.2. The number of nitrogens with zero attached hydrogens (tertiary/aromatic N) is 3. The molecule has 1 heterocycles. The van der Waals surface area contributed by atoms with E-state index < -0.39 is 0 Å². The zero-order chi connectivity index (χ0) is 18.4. The first kappa shape index (κ1) is 17.1. The van der Waals surface area contributed by atoms with E-state index in [0.29, 0.717) is 23.6 Å². The number of carbonyl (C=O) groups excluding carboxylic acids is 1. The van der Waals surface area contributed by atoms with Crippen molar-refractivity contribution in [3.05, 3.63) is 83.3 Å². The largest absolute Gasteiger partial charge is 0.347 e. The average Bonchev–Trinajstić information content (AvgIpc) is 2.68. The zero-order valence-corrected chi connectivity index (χ0v) is 14.2. The summed E-state index contributed by atoms with van der Waals surface area (Å²) < 4.78 is 0. The predicted octanol–water partition coefficient (Wildman–Crippen LogP) is 3.33. The van der Waals surface area contributed by atoms with Crippen molar-refractivity contribution in [3.63, 3.8) is 0 Å². The molecule has 0 aliphatic rings. The topological polar surface area (TPSA) is 90.7 Å². The van der Waals surface area contributed by atoms with Gasteiger partial charge >= 0.3 is 0 Å². The molecule has 6 heteroatoms. The van der Waals surface area contributed by atoms with Gasteiger partial charge < -0.3 is 10.6 Å². The molecule has 0 saturated carbocycles. The number of benzene rings is 2. The van der Waals surface area contributed by atoms with Gasteiger partial charge in [-0.05, 0) is 30.2 Å². The van der Waals surface area contributed by atoms with E-state index in [1.54, 1.807) is 24.3 Å². The minimum Gasteiger partial charge on any atom is -0.347 e. The average molecular weight is 343 g/mol. The molecule has 3 aromatic rings. The number of nitriles is 1. The van der Waals surface area contributed by atoms with E-state index in [9.17, 15) is 4.79 Å². The Hall–Kier alpha value is -3.72. The highest BCUT2D eigenvalue weighted by atomic mass is 16.1. The molecule has 128 valence electrons. The highest BCUT2D eigenvalue weighted by Crippen LogP contribution is 2.18. The second kappa shape index (κ2) is 7.90. The third-order valence-corrected chi connectivity index (χ3v) is 3.91. The lowest BCUT2D eigenvalue weighted by molar-refractivity contribution is 0.0945. The number of aryl methyl sites for hydroxylation is 1. The van der Waals surface area contributed by atoms with Gasteiger partial charge in [0.05, 0.1) is 11.3 Å². The van der Waals surface area contributed by atoms with Crippen molar-refractivity contribution in [2.45, 2.75) is 13.5 Å². The van der Waals surface area contributed by atoms with Crippen molar-refractivity contribution in [2.24, 2.45) is 0 Å². The van der Waals surface area contributed by atoms with Gasteiger partial charge in [-0.25, -0.2) is 9.97 Å². The van der Waals surface area contributed by atoms with E-state index in [2.05, 4.69) is 26.7 Å². The van der Waals surface area contributed by atoms with Crippen LogP contribution in [0, 0.1) is 18.3 Å². The van der Waals surface area contributed by atoms with Gasteiger partial charge in [-0.2, -0.15) is 5.26 Å². The van der Waals surface area contributed by atoms with Gasteiger partial charge in [0, 0.05) is 12.6 Å². The quantitative estimate of drug-likeness (QED) is 0.741. The summed E-state index contributed by atoms with van der Waals surface area (Å²) in [5, 5.41) is 15.1. The Labute approximate surface area is 151 Å². The van der Waals surface area contributed by atoms with E-state index in [1.807, 2.05) is 37.3 Å². The van der Waals surface area contributed by atoms with Gasteiger partial charge in [-0.15, -0.1) is 0 Å². The summed E-state index contributed by atoms with van der Waals surface area (Å²) in [6.45, 7) is 2.43. The van der Waals surface area contributed by atoms with Crippen LogP contribution >= 0.6 is 0 Å². The Bertz CT molecular complexity index is 978. The fraction of sp³-hybridized carbons (Fsp3) is 0.100. The molecule has 2 N–H and O–H groups in total. The molecule has 0 unspecified atom stereocenters. The van der Waals surface area contributed by atoms with Crippen LogP contribution in [0.2, 0.25) is 0 Å². The van der Waals surface area contributed by atoms with Crippen molar-refractivity contribution >= 4 is 17.4 Å². The Kier molecular flexibility index (Phi) is 5.20. The fourth-order valence-corrected chi connectivity index (χ4v) is 2.45. The minimum absolute atomic E-state index is 0.255. The van der Waals surface area contributed by atoms with Crippen molar-refractivity contribution in [3.8, 4) is 6.07 Å². The van der Waals surface area contributed by atoms with Crippen LogP contribution in [0.5, 0.6) is 0 Å². The van der Waals surface area contributed by atoms with Crippen LogP contribution in [0.3, 0.4) is 0 Å². The molecule has 0 aliphatic carbocycles. The molecule has 0 radical (unpaired) electrons. The molecule has 0 spiro atoms. The molecule has 1 amide bonds. The van der Waals surface area contributed by atoms with Crippen LogP contribution in [0.4, 0.5) is 11.5 Å². The summed E-state index contributed by atoms with van der Waals surface area (Å²) in [7, 11) is 0. The second-order valence-electron chi connectivity index (χ2n) is 5.68. The maximum atomic E-state index is 12.4. The number of hydrogen-bond acceptors (Lipinski definition) is 5. The fourth-order valence-electron chi connectivity index (χ4n) is 2.45. The first-order chi connectivity index (χ1) is 12.7. The summed E-state index contributed by atoms with van der Waals surface area (Å²) >= 11 is 0. The predicted molar refractivity (Wildman–Crippen MR) is 98.8 cm³/mol. The molecular formula is C20H17N5O. The third-order valence-electron chi connectivity index (χ3n) is 3.91. The molecule has 0 aliphatic heterocycles. The van der Waals surface area contributed by atoms with Crippen molar-refractivity contribution in [2.75, 3.05) is 5.32 Å². The first-order valence-electron chi connectivity index (χ1n) is 8.08. The van der Waals surface area contributed by atoms with E-state index in [4.69, 9.17) is 5.26 Å². The van der Waals surface area contributed by atoms with Crippen LogP contribution in [0.1, 0.15) is 27.2 Å². The van der Waals surface area contributed by atoms with Crippen molar-refractivity contribution in [1.82, 2.24) is 15.3 Å². The highest BCUT2D eigenvalue weighted by molar-refractivity contribution is 5.93. The van der Waals surface area contributed by atoms with E-state index in [0.717, 1.165) is 11.1 Å². The molecule has 26 heavy (non-hydrogen) atoms. The Balaban J connectivity index is 1.71. The molecule has 2 aromatic carbocycles. The van der Waals surface area contributed by atoms with E-state index >= 15 is 0 Å². The maximum Gasteiger partial charge on any atom is 0.270 e. The first-order valence-corrected chi connectivity index (χ1v) is 8.08. The summed E-state index contributed by atoms with van der Waals surface area (Å²) in [5.74, 6) is 0.163. The number of para-hydroxylation sites is 1. The van der Waals surface area contributed by atoms with Crippen LogP contribution in [0.25, 0.3) is 0 Å². The minimum atomic E-state index is -0.285. The number of hydrogen-bond donors (Lipinski definition) is 2. The molecule has 0 fully saturated rings. The molecule has 1 aromatic heterocycles. The lowest BCUT2D eigenvalue weighted by Gasteiger charge is -2.09. The summed E-state index contributed by atoms with van der Waals surface area (Å²) in [5.41, 5.74) is 3.55. The SMILES string of the molecule is Cc1ccccc1CNC(=O)c1cc(Nc2ccccc2C#N)ncn1. The smallest absolute Gasteiger partial charge is 0.270 e. The number of amides is 1. The Morgan fingerprint density at radius 3 is 2.69 bits per heavy atom. The highest BCUT2D eigenvalue weighted by Gasteiger charge is 2.10. The molecule has 0 atom stereocenters. The summed E-state index contributed by atoms with van der Waals surface area (Å²) in [6, 6.07) is 18.6. The Morgan fingerprint density at radius 2 is 1.88 bits per heavy atom. The summed E-state index contributed by atoms with van der Waals surface area (Å²) in [4.78, 5) is 20.5. The second-order valence-corrected chi connectivity index (χ2v) is 5.68. The van der Waals surface area contributed by atoms with Crippen molar-refractivity contribution < 1.29 is 4.79 Å². The van der Waals surface area contributed by atoms with E-state index in [-0.39, 0.29) is 11.6 Å². The standard InChI is InChI=1S/C20H17N5O/c1-14-6-2-3-8-16(14)12-22-20(26)18-10-19(24-13-23-18)25-17-9-5-4-7-15(17)11-21/h2-10,13H,12H2,1H3,(H,22,26)(H,23,24,25). The number of rotatable bonds is 5. The lowest BCUT2D eigenvalue weighted by atomic mass is 10.1. The molecule has 0 bridgehead atoms. The number of carbonyl (C=O) groups is 1. The molecular weight excluding hydrogens is 326 g/mol. The van der Waals surface area contributed by atoms with Crippen molar-refractivity contribution in [1.29, 1.82) is 5.26 Å². The van der Waals surface area contributed by atoms with Crippen LogP contribution in [-0.2, 0) is 6.54 Å². The van der Waals surface area contributed by atoms with E-state index in [1.165, 1.54) is 6.33 Å². The number of nitrogens with one attached hydrogen (secondary N) is 2. The number of aromatic nitrogens is 2. The van der Waals surface area contributed by atoms with Gasteiger partial charge in [0.15, 0.2) is 0 Å². The van der Waals surface area contributed by atoms with Crippen LogP contribution in [-0.4, -0.2) is 15.9 Å². The monoisotopic (exact) mass is 343 g/mol. The Morgan fingerprint density at radius 1 is 1.12 bits per heavy atom. The maximum absolute atomic E-state index is 12.4. The lowest BCUT2D eigenvalue weighted by Crippen LogP contribution is -2.24. The van der Waals surface area contributed by atoms with Gasteiger partial charge in [0.2, 0.25) is 0 Å². The summed E-state index contributed by atoms with van der Waals surface area (Å²) in [6.07, 6.45) is 1.32. The van der Waals surface area contributed by atoms with Crippen LogP contribution < -0.4 is 10.6 Å². The van der Waals surface area contributed by atoms with Gasteiger partial charge in [-0.1, -0.05) is 36.4 Å². The van der Waals surface area contributed by atoms with Gasteiger partial charge in [0.25, 0.3) is 5.91 Å². The van der Waals surface area contributed by atoms with Gasteiger partial charge in [0.1, 0.15) is 23.9 Å². The molecule has 6 nitrogen and oxygen atoms in total.